The quantitative estimate of drug-likeness (QED) is 0.700. The lowest BCUT2D eigenvalue weighted by atomic mass is 9.98. The van der Waals surface area contributed by atoms with Crippen LogP contribution in [0, 0.1) is 0 Å². The van der Waals surface area contributed by atoms with Crippen LogP contribution < -0.4 is 4.74 Å². The standard InChI is InChI=1S/C21H20O3/c22-20(13-14-24-18-9-5-2-6-10-18)17-11-12-21(23)19(15-17)16-7-3-1-4-8-16/h1-12,15,20,22-23H,13-14H2. The molecular formula is C21H20O3. The van der Waals surface area contributed by atoms with Crippen molar-refractivity contribution in [2.75, 3.05) is 6.61 Å². The summed E-state index contributed by atoms with van der Waals surface area (Å²) in [7, 11) is 0. The first-order valence-electron chi connectivity index (χ1n) is 7.98. The van der Waals surface area contributed by atoms with E-state index in [0.717, 1.165) is 22.4 Å². The van der Waals surface area contributed by atoms with Gasteiger partial charge in [-0.25, -0.2) is 0 Å². The van der Waals surface area contributed by atoms with Gasteiger partial charge in [0.15, 0.2) is 0 Å². The third-order valence-electron chi connectivity index (χ3n) is 3.89. The minimum atomic E-state index is -0.642. The molecule has 3 aromatic carbocycles. The van der Waals surface area contributed by atoms with Gasteiger partial charge >= 0.3 is 0 Å². The van der Waals surface area contributed by atoms with Gasteiger partial charge in [0, 0.05) is 12.0 Å². The topological polar surface area (TPSA) is 49.7 Å². The molecule has 3 heteroatoms. The van der Waals surface area contributed by atoms with E-state index in [1.807, 2.05) is 66.7 Å². The molecule has 1 unspecified atom stereocenters. The van der Waals surface area contributed by atoms with Gasteiger partial charge in [0.2, 0.25) is 0 Å². The largest absolute Gasteiger partial charge is 0.507 e. The molecule has 3 aromatic rings. The summed E-state index contributed by atoms with van der Waals surface area (Å²) in [5, 5.41) is 20.5. The predicted molar refractivity (Wildman–Crippen MR) is 95.1 cm³/mol. The van der Waals surface area contributed by atoms with Crippen LogP contribution in [0.25, 0.3) is 11.1 Å². The molecule has 0 saturated heterocycles. The van der Waals surface area contributed by atoms with Crippen molar-refractivity contribution < 1.29 is 14.9 Å². The van der Waals surface area contributed by atoms with Crippen LogP contribution in [0.3, 0.4) is 0 Å². The zero-order valence-corrected chi connectivity index (χ0v) is 13.3. The van der Waals surface area contributed by atoms with E-state index in [4.69, 9.17) is 4.74 Å². The first kappa shape index (κ1) is 16.1. The van der Waals surface area contributed by atoms with Crippen LogP contribution in [0.15, 0.2) is 78.9 Å². The Balaban J connectivity index is 1.68. The second-order valence-electron chi connectivity index (χ2n) is 5.61. The van der Waals surface area contributed by atoms with Gasteiger partial charge < -0.3 is 14.9 Å². The molecule has 0 radical (unpaired) electrons. The summed E-state index contributed by atoms with van der Waals surface area (Å²) in [4.78, 5) is 0. The first-order chi connectivity index (χ1) is 11.7. The number of aliphatic hydroxyl groups excluding tert-OH is 1. The van der Waals surface area contributed by atoms with Crippen molar-refractivity contribution in [1.29, 1.82) is 0 Å². The maximum absolute atomic E-state index is 10.4. The summed E-state index contributed by atoms with van der Waals surface area (Å²) >= 11 is 0. The van der Waals surface area contributed by atoms with E-state index >= 15 is 0 Å². The highest BCUT2D eigenvalue weighted by molar-refractivity contribution is 5.70. The molecule has 3 nitrogen and oxygen atoms in total. The Morgan fingerprint density at radius 1 is 0.833 bits per heavy atom. The summed E-state index contributed by atoms with van der Waals surface area (Å²) in [6.07, 6.45) is -0.162. The number of phenols is 1. The number of para-hydroxylation sites is 1. The molecule has 0 spiro atoms. The fraction of sp³-hybridized carbons (Fsp3) is 0.143. The van der Waals surface area contributed by atoms with Gasteiger partial charge in [0.25, 0.3) is 0 Å². The van der Waals surface area contributed by atoms with Crippen LogP contribution in [0.4, 0.5) is 0 Å². The molecule has 0 aromatic heterocycles. The first-order valence-corrected chi connectivity index (χ1v) is 7.98. The summed E-state index contributed by atoms with van der Waals surface area (Å²) < 4.78 is 5.63. The SMILES string of the molecule is Oc1ccc(C(O)CCOc2ccccc2)cc1-c1ccccc1. The van der Waals surface area contributed by atoms with Gasteiger partial charge in [-0.3, -0.25) is 0 Å². The Morgan fingerprint density at radius 2 is 1.50 bits per heavy atom. The van der Waals surface area contributed by atoms with Crippen LogP contribution in [-0.2, 0) is 0 Å². The Bertz CT molecular complexity index is 770. The molecule has 122 valence electrons. The minimum Gasteiger partial charge on any atom is -0.507 e. The van der Waals surface area contributed by atoms with Crippen molar-refractivity contribution in [1.82, 2.24) is 0 Å². The van der Waals surface area contributed by atoms with E-state index in [1.54, 1.807) is 12.1 Å². The molecule has 0 aliphatic heterocycles. The van der Waals surface area contributed by atoms with Gasteiger partial charge in [-0.2, -0.15) is 0 Å². The van der Waals surface area contributed by atoms with Crippen molar-refractivity contribution in [2.24, 2.45) is 0 Å². The highest BCUT2D eigenvalue weighted by atomic mass is 16.5. The van der Waals surface area contributed by atoms with Gasteiger partial charge in [0.05, 0.1) is 12.7 Å². The van der Waals surface area contributed by atoms with Crippen molar-refractivity contribution in [3.8, 4) is 22.6 Å². The summed E-state index contributed by atoms with van der Waals surface area (Å²) in [5.74, 6) is 0.998. The Morgan fingerprint density at radius 3 is 2.21 bits per heavy atom. The number of benzene rings is 3. The lowest BCUT2D eigenvalue weighted by Gasteiger charge is -2.14. The number of aliphatic hydroxyl groups is 1. The lowest BCUT2D eigenvalue weighted by molar-refractivity contribution is 0.141. The number of hydrogen-bond acceptors (Lipinski definition) is 3. The number of phenolic OH excluding ortho intramolecular Hbond substituents is 1. The highest BCUT2D eigenvalue weighted by Crippen LogP contribution is 2.32. The second kappa shape index (κ2) is 7.66. The zero-order valence-electron chi connectivity index (χ0n) is 13.3. The number of hydrogen-bond donors (Lipinski definition) is 2. The maximum atomic E-state index is 10.4. The molecule has 0 heterocycles. The van der Waals surface area contributed by atoms with Crippen LogP contribution in [0.1, 0.15) is 18.1 Å². The van der Waals surface area contributed by atoms with Crippen LogP contribution in [0.5, 0.6) is 11.5 Å². The van der Waals surface area contributed by atoms with Gasteiger partial charge in [-0.15, -0.1) is 0 Å². The third kappa shape index (κ3) is 3.94. The van der Waals surface area contributed by atoms with E-state index in [2.05, 4.69) is 0 Å². The molecule has 1 atom stereocenters. The Hall–Kier alpha value is -2.78. The summed E-state index contributed by atoms with van der Waals surface area (Å²) in [5.41, 5.74) is 2.41. The van der Waals surface area contributed by atoms with Gasteiger partial charge in [-0.05, 0) is 35.4 Å². The average molecular weight is 320 g/mol. The molecular weight excluding hydrogens is 300 g/mol. The summed E-state index contributed by atoms with van der Waals surface area (Å²) in [6, 6.07) is 24.4. The Labute approximate surface area is 141 Å². The van der Waals surface area contributed by atoms with Crippen LogP contribution >= 0.6 is 0 Å². The highest BCUT2D eigenvalue weighted by Gasteiger charge is 2.12. The van der Waals surface area contributed by atoms with E-state index in [-0.39, 0.29) is 5.75 Å². The van der Waals surface area contributed by atoms with E-state index in [1.165, 1.54) is 0 Å². The van der Waals surface area contributed by atoms with Crippen molar-refractivity contribution in [3.63, 3.8) is 0 Å². The van der Waals surface area contributed by atoms with Crippen LogP contribution in [-0.4, -0.2) is 16.8 Å². The van der Waals surface area contributed by atoms with Crippen molar-refractivity contribution in [2.45, 2.75) is 12.5 Å². The zero-order chi connectivity index (χ0) is 16.8. The number of aromatic hydroxyl groups is 1. The van der Waals surface area contributed by atoms with Crippen LogP contribution in [0.2, 0.25) is 0 Å². The Kier molecular flexibility index (Phi) is 5.14. The maximum Gasteiger partial charge on any atom is 0.123 e. The fourth-order valence-electron chi connectivity index (χ4n) is 2.58. The van der Waals surface area contributed by atoms with Gasteiger partial charge in [0.1, 0.15) is 11.5 Å². The number of rotatable bonds is 6. The average Bonchev–Trinajstić information content (AvgIpc) is 2.63. The molecule has 24 heavy (non-hydrogen) atoms. The van der Waals surface area contributed by atoms with Crippen molar-refractivity contribution >= 4 is 0 Å². The third-order valence-corrected chi connectivity index (χ3v) is 3.89. The van der Waals surface area contributed by atoms with E-state index in [9.17, 15) is 10.2 Å². The molecule has 0 saturated carbocycles. The molecule has 3 rings (SSSR count). The number of ether oxygens (including phenoxy) is 1. The predicted octanol–water partition coefficient (Wildman–Crippen LogP) is 4.56. The second-order valence-corrected chi connectivity index (χ2v) is 5.61. The molecule has 2 N–H and O–H groups in total. The molecule has 0 aliphatic carbocycles. The molecule has 0 bridgehead atoms. The van der Waals surface area contributed by atoms with Crippen molar-refractivity contribution in [3.05, 3.63) is 84.4 Å². The fourth-order valence-corrected chi connectivity index (χ4v) is 2.58. The normalized spacial score (nSPS) is 11.9. The minimum absolute atomic E-state index is 0.206. The van der Waals surface area contributed by atoms with E-state index < -0.39 is 6.10 Å². The monoisotopic (exact) mass is 320 g/mol. The van der Waals surface area contributed by atoms with Gasteiger partial charge in [-0.1, -0.05) is 54.6 Å². The smallest absolute Gasteiger partial charge is 0.123 e. The molecule has 0 amide bonds. The van der Waals surface area contributed by atoms with E-state index in [0.29, 0.717) is 13.0 Å². The molecule has 0 fully saturated rings. The lowest BCUT2D eigenvalue weighted by Crippen LogP contribution is -2.05. The molecule has 0 aliphatic rings. The summed E-state index contributed by atoms with van der Waals surface area (Å²) in [6.45, 7) is 0.423.